The van der Waals surface area contributed by atoms with Gasteiger partial charge in [0.05, 0.1) is 19.7 Å². The number of benzene rings is 2. The predicted molar refractivity (Wildman–Crippen MR) is 124 cm³/mol. The lowest BCUT2D eigenvalue weighted by Gasteiger charge is -2.36. The molecule has 2 N–H and O–H groups in total. The van der Waals surface area contributed by atoms with Crippen molar-refractivity contribution in [1.82, 2.24) is 10.2 Å². The van der Waals surface area contributed by atoms with Crippen LogP contribution in [0.4, 0.5) is 4.39 Å². The van der Waals surface area contributed by atoms with E-state index in [0.717, 1.165) is 0 Å². The maximum absolute atomic E-state index is 13.9. The number of morpholine rings is 1. The molecule has 0 radical (unpaired) electrons. The molecular formula is C22H29FIN3O2. The van der Waals surface area contributed by atoms with Crippen molar-refractivity contribution in [2.45, 2.75) is 26.1 Å². The quantitative estimate of drug-likeness (QED) is 0.363. The summed E-state index contributed by atoms with van der Waals surface area (Å²) >= 11 is 0. The predicted octanol–water partition coefficient (Wildman–Crippen LogP) is 3.82. The summed E-state index contributed by atoms with van der Waals surface area (Å²) in [6.45, 7) is 6.87. The minimum Gasteiger partial charge on any atom is -0.386 e. The maximum atomic E-state index is 13.9. The van der Waals surface area contributed by atoms with Crippen molar-refractivity contribution in [3.63, 3.8) is 0 Å². The van der Waals surface area contributed by atoms with Gasteiger partial charge in [-0.25, -0.2) is 4.39 Å². The van der Waals surface area contributed by atoms with Gasteiger partial charge < -0.3 is 20.1 Å². The number of aliphatic hydroxyl groups excluding tert-OH is 1. The van der Waals surface area contributed by atoms with E-state index in [-0.39, 0.29) is 42.2 Å². The number of aryl methyl sites for hydroxylation is 1. The zero-order chi connectivity index (χ0) is 19.9. The van der Waals surface area contributed by atoms with Gasteiger partial charge in [-0.3, -0.25) is 4.99 Å². The number of nitrogens with zero attached hydrogens (tertiary/aromatic N) is 2. The van der Waals surface area contributed by atoms with Crippen LogP contribution in [0.25, 0.3) is 0 Å². The molecule has 2 atom stereocenters. The summed E-state index contributed by atoms with van der Waals surface area (Å²) in [6.07, 6.45) is -1.02. The number of rotatable bonds is 5. The fraction of sp³-hybridized carbons (Fsp3) is 0.409. The van der Waals surface area contributed by atoms with Crippen molar-refractivity contribution in [2.75, 3.05) is 32.8 Å². The zero-order valence-electron chi connectivity index (χ0n) is 16.8. The van der Waals surface area contributed by atoms with Crippen molar-refractivity contribution in [2.24, 2.45) is 4.99 Å². The molecule has 1 aliphatic heterocycles. The number of nitrogens with one attached hydrogen (secondary N) is 1. The molecule has 5 nitrogen and oxygen atoms in total. The molecule has 158 valence electrons. The van der Waals surface area contributed by atoms with Crippen LogP contribution in [0.2, 0.25) is 0 Å². The van der Waals surface area contributed by atoms with Gasteiger partial charge >= 0.3 is 0 Å². The van der Waals surface area contributed by atoms with Gasteiger partial charge in [0.2, 0.25) is 0 Å². The van der Waals surface area contributed by atoms with Crippen LogP contribution in [-0.4, -0.2) is 48.8 Å². The molecular weight excluding hydrogens is 484 g/mol. The number of ether oxygens (including phenoxy) is 1. The van der Waals surface area contributed by atoms with Gasteiger partial charge in [-0.1, -0.05) is 42.5 Å². The molecule has 1 saturated heterocycles. The topological polar surface area (TPSA) is 57.1 Å². The second-order valence-corrected chi connectivity index (χ2v) is 6.89. The van der Waals surface area contributed by atoms with Crippen LogP contribution in [0, 0.1) is 12.7 Å². The van der Waals surface area contributed by atoms with E-state index in [1.54, 1.807) is 18.2 Å². The Morgan fingerprint density at radius 1 is 1.28 bits per heavy atom. The van der Waals surface area contributed by atoms with E-state index in [2.05, 4.69) is 34.3 Å². The van der Waals surface area contributed by atoms with Gasteiger partial charge in [0.1, 0.15) is 18.0 Å². The van der Waals surface area contributed by atoms with Crippen LogP contribution < -0.4 is 5.32 Å². The van der Waals surface area contributed by atoms with Gasteiger partial charge in [0.25, 0.3) is 0 Å². The van der Waals surface area contributed by atoms with Gasteiger partial charge in [-0.05, 0) is 31.0 Å². The highest BCUT2D eigenvalue weighted by Gasteiger charge is 2.25. The van der Waals surface area contributed by atoms with Gasteiger partial charge in [0.15, 0.2) is 5.96 Å². The molecule has 0 spiro atoms. The lowest BCUT2D eigenvalue weighted by molar-refractivity contribution is -0.00839. The zero-order valence-corrected chi connectivity index (χ0v) is 19.2. The molecule has 29 heavy (non-hydrogen) atoms. The smallest absolute Gasteiger partial charge is 0.194 e. The number of hydrogen-bond donors (Lipinski definition) is 2. The highest BCUT2D eigenvalue weighted by Crippen LogP contribution is 2.25. The largest absolute Gasteiger partial charge is 0.386 e. The number of hydrogen-bond acceptors (Lipinski definition) is 3. The van der Waals surface area contributed by atoms with Crippen LogP contribution >= 0.6 is 24.0 Å². The van der Waals surface area contributed by atoms with E-state index < -0.39 is 11.9 Å². The van der Waals surface area contributed by atoms with Crippen molar-refractivity contribution in [3.8, 4) is 0 Å². The molecule has 1 fully saturated rings. The van der Waals surface area contributed by atoms with E-state index in [0.29, 0.717) is 32.2 Å². The van der Waals surface area contributed by atoms with Gasteiger partial charge in [-0.15, -0.1) is 24.0 Å². The SMILES string of the molecule is CCNC(=NCC(O)c1ccccc1F)N1CCOC(c2ccccc2C)C1.I. The van der Waals surface area contributed by atoms with Crippen LogP contribution in [0.3, 0.4) is 0 Å². The Kier molecular flexibility index (Phi) is 9.32. The number of aliphatic imine (C=N–C) groups is 1. The first kappa shape index (κ1) is 23.6. The van der Waals surface area contributed by atoms with E-state index in [9.17, 15) is 9.50 Å². The Morgan fingerprint density at radius 3 is 2.72 bits per heavy atom. The Balaban J connectivity index is 0.00000300. The minimum atomic E-state index is -0.983. The third kappa shape index (κ3) is 6.13. The molecule has 2 aromatic rings. The van der Waals surface area contributed by atoms with Crippen molar-refractivity contribution in [1.29, 1.82) is 0 Å². The summed E-state index contributed by atoms with van der Waals surface area (Å²) in [7, 11) is 0. The summed E-state index contributed by atoms with van der Waals surface area (Å²) in [5.74, 6) is 0.293. The fourth-order valence-corrected chi connectivity index (χ4v) is 3.42. The molecule has 7 heteroatoms. The molecule has 2 aromatic carbocycles. The summed E-state index contributed by atoms with van der Waals surface area (Å²) in [4.78, 5) is 6.70. The van der Waals surface area contributed by atoms with Gasteiger partial charge in [-0.2, -0.15) is 0 Å². The average molecular weight is 513 g/mol. The fourth-order valence-electron chi connectivity index (χ4n) is 3.42. The lowest BCUT2D eigenvalue weighted by atomic mass is 10.0. The van der Waals surface area contributed by atoms with Crippen LogP contribution in [0.15, 0.2) is 53.5 Å². The van der Waals surface area contributed by atoms with E-state index in [1.165, 1.54) is 17.2 Å². The molecule has 0 bridgehead atoms. The number of guanidine groups is 1. The summed E-state index contributed by atoms with van der Waals surface area (Å²) in [6, 6.07) is 14.5. The van der Waals surface area contributed by atoms with Crippen LogP contribution in [0.1, 0.15) is 35.8 Å². The normalized spacial score (nSPS) is 18.1. The van der Waals surface area contributed by atoms with E-state index in [4.69, 9.17) is 4.74 Å². The Bertz CT molecular complexity index is 818. The van der Waals surface area contributed by atoms with E-state index in [1.807, 2.05) is 19.1 Å². The van der Waals surface area contributed by atoms with Crippen molar-refractivity contribution >= 4 is 29.9 Å². The third-order valence-corrected chi connectivity index (χ3v) is 4.91. The molecule has 0 aliphatic carbocycles. The first-order chi connectivity index (χ1) is 13.6. The minimum absolute atomic E-state index is 0. The maximum Gasteiger partial charge on any atom is 0.194 e. The monoisotopic (exact) mass is 513 g/mol. The lowest BCUT2D eigenvalue weighted by Crippen LogP contribution is -2.48. The summed E-state index contributed by atoms with van der Waals surface area (Å²) in [5.41, 5.74) is 2.64. The second-order valence-electron chi connectivity index (χ2n) is 6.89. The standard InChI is InChI=1S/C22H28FN3O2.HI/c1-3-24-22(25-14-20(27)18-10-6-7-11-19(18)23)26-12-13-28-21(15-26)17-9-5-4-8-16(17)2;/h4-11,20-21,27H,3,12-15H2,1-2H3,(H,24,25);1H. The molecule has 1 aliphatic rings. The second kappa shape index (κ2) is 11.5. The highest BCUT2D eigenvalue weighted by atomic mass is 127. The van der Waals surface area contributed by atoms with Gasteiger partial charge in [0, 0.05) is 18.7 Å². The molecule has 2 unspecified atom stereocenters. The molecule has 3 rings (SSSR count). The van der Waals surface area contributed by atoms with Crippen molar-refractivity contribution in [3.05, 3.63) is 71.0 Å². The molecule has 1 heterocycles. The van der Waals surface area contributed by atoms with Crippen molar-refractivity contribution < 1.29 is 14.2 Å². The van der Waals surface area contributed by atoms with Crippen LogP contribution in [-0.2, 0) is 4.74 Å². The Labute approximate surface area is 189 Å². The first-order valence-corrected chi connectivity index (χ1v) is 9.73. The summed E-state index contributed by atoms with van der Waals surface area (Å²) < 4.78 is 19.9. The average Bonchev–Trinajstić information content (AvgIpc) is 2.71. The Hall–Kier alpha value is -1.71. The summed E-state index contributed by atoms with van der Waals surface area (Å²) in [5, 5.41) is 13.6. The molecule has 0 amide bonds. The Morgan fingerprint density at radius 2 is 2.00 bits per heavy atom. The van der Waals surface area contributed by atoms with Crippen LogP contribution in [0.5, 0.6) is 0 Å². The molecule has 0 saturated carbocycles. The third-order valence-electron chi connectivity index (χ3n) is 4.91. The highest BCUT2D eigenvalue weighted by molar-refractivity contribution is 14.0. The number of halogens is 2. The number of aliphatic hydroxyl groups is 1. The van der Waals surface area contributed by atoms with E-state index >= 15 is 0 Å². The molecule has 0 aromatic heterocycles. The first-order valence-electron chi connectivity index (χ1n) is 9.73.